The highest BCUT2D eigenvalue weighted by Gasteiger charge is 2.13. The van der Waals surface area contributed by atoms with Gasteiger partial charge >= 0.3 is 0 Å². The van der Waals surface area contributed by atoms with Gasteiger partial charge in [-0.05, 0) is 79.2 Å². The minimum absolute atomic E-state index is 0.549. The average molecular weight is 437 g/mol. The van der Waals surface area contributed by atoms with E-state index in [4.69, 9.17) is 0 Å². The smallest absolute Gasteiger partial charge is 0.0219 e. The van der Waals surface area contributed by atoms with Crippen LogP contribution in [0.15, 0.2) is 22.7 Å². The lowest BCUT2D eigenvalue weighted by atomic mass is 10.1. The predicted octanol–water partition coefficient (Wildman–Crippen LogP) is 4.02. The summed E-state index contributed by atoms with van der Waals surface area (Å²) >= 11 is 5.95. The van der Waals surface area contributed by atoms with Crippen LogP contribution in [0.3, 0.4) is 0 Å². The first kappa shape index (κ1) is 15.7. The van der Waals surface area contributed by atoms with Gasteiger partial charge in [-0.15, -0.1) is 0 Å². The van der Waals surface area contributed by atoms with Crippen LogP contribution in [0.4, 0.5) is 0 Å². The molecule has 2 rings (SSSR count). The Kier molecular flexibility index (Phi) is 6.59. The van der Waals surface area contributed by atoms with Crippen molar-refractivity contribution in [3.63, 3.8) is 0 Å². The minimum atomic E-state index is 0.549. The van der Waals surface area contributed by atoms with Crippen LogP contribution in [0.1, 0.15) is 31.7 Å². The molecule has 1 aliphatic heterocycles. The largest absolute Gasteiger partial charge is 0.309 e. The molecule has 0 spiro atoms. The second-order valence-corrected chi connectivity index (χ2v) is 7.46. The van der Waals surface area contributed by atoms with Crippen LogP contribution in [0.5, 0.6) is 0 Å². The molecule has 106 valence electrons. The average Bonchev–Trinajstić information content (AvgIpc) is 2.41. The van der Waals surface area contributed by atoms with Gasteiger partial charge < -0.3 is 10.2 Å². The molecule has 0 bridgehead atoms. The zero-order chi connectivity index (χ0) is 13.7. The van der Waals surface area contributed by atoms with Gasteiger partial charge in [0.25, 0.3) is 0 Å². The summed E-state index contributed by atoms with van der Waals surface area (Å²) in [5.74, 6) is 0. The summed E-state index contributed by atoms with van der Waals surface area (Å²) in [6.45, 7) is 6.97. The summed E-state index contributed by atoms with van der Waals surface area (Å²) in [4.78, 5) is 2.59. The molecule has 19 heavy (non-hydrogen) atoms. The van der Waals surface area contributed by atoms with E-state index in [9.17, 15) is 0 Å². The standard InChI is InChI=1S/C15H22BrIN2/c1-12(11-19-7-3-2-4-8-19)18-10-13-9-14(16)5-6-15(13)17/h5-6,9,12,18H,2-4,7-8,10-11H2,1H3. The van der Waals surface area contributed by atoms with Crippen LogP contribution in [0, 0.1) is 3.57 Å². The molecule has 1 heterocycles. The topological polar surface area (TPSA) is 15.3 Å². The molecule has 4 heteroatoms. The van der Waals surface area contributed by atoms with Gasteiger partial charge in [0.05, 0.1) is 0 Å². The molecular weight excluding hydrogens is 415 g/mol. The third-order valence-corrected chi connectivity index (χ3v) is 5.18. The fourth-order valence-corrected chi connectivity index (χ4v) is 3.49. The minimum Gasteiger partial charge on any atom is -0.309 e. The van der Waals surface area contributed by atoms with Crippen molar-refractivity contribution in [2.24, 2.45) is 0 Å². The molecule has 0 amide bonds. The second kappa shape index (κ2) is 7.96. The number of hydrogen-bond donors (Lipinski definition) is 1. The van der Waals surface area contributed by atoms with Crippen LogP contribution in [-0.4, -0.2) is 30.6 Å². The summed E-state index contributed by atoms with van der Waals surface area (Å²) in [7, 11) is 0. The third kappa shape index (κ3) is 5.33. The predicted molar refractivity (Wildman–Crippen MR) is 93.5 cm³/mol. The zero-order valence-electron chi connectivity index (χ0n) is 11.5. The van der Waals surface area contributed by atoms with Gasteiger partial charge in [-0.1, -0.05) is 22.4 Å². The van der Waals surface area contributed by atoms with Gasteiger partial charge in [0.15, 0.2) is 0 Å². The Morgan fingerprint density at radius 2 is 2.05 bits per heavy atom. The monoisotopic (exact) mass is 436 g/mol. The zero-order valence-corrected chi connectivity index (χ0v) is 15.2. The molecule has 1 aromatic rings. The molecule has 0 saturated carbocycles. The van der Waals surface area contributed by atoms with E-state index in [1.54, 1.807) is 0 Å². The number of hydrogen-bond acceptors (Lipinski definition) is 2. The van der Waals surface area contributed by atoms with Crippen LogP contribution < -0.4 is 5.32 Å². The third-order valence-electron chi connectivity index (χ3n) is 3.63. The van der Waals surface area contributed by atoms with Crippen molar-refractivity contribution < 1.29 is 0 Å². The van der Waals surface area contributed by atoms with Crippen LogP contribution >= 0.6 is 38.5 Å². The Balaban J connectivity index is 1.79. The molecule has 1 fully saturated rings. The molecule has 1 atom stereocenters. The highest BCUT2D eigenvalue weighted by atomic mass is 127. The molecule has 1 aliphatic rings. The summed E-state index contributed by atoms with van der Waals surface area (Å²) in [5, 5.41) is 3.65. The Hall–Kier alpha value is 0.350. The van der Waals surface area contributed by atoms with Crippen LogP contribution in [0.25, 0.3) is 0 Å². The van der Waals surface area contributed by atoms with Crippen molar-refractivity contribution in [2.45, 2.75) is 38.8 Å². The molecule has 2 nitrogen and oxygen atoms in total. The van der Waals surface area contributed by atoms with E-state index in [1.807, 2.05) is 0 Å². The van der Waals surface area contributed by atoms with Crippen molar-refractivity contribution in [3.8, 4) is 0 Å². The number of nitrogens with one attached hydrogen (secondary N) is 1. The number of nitrogens with zero attached hydrogens (tertiary/aromatic N) is 1. The van der Waals surface area contributed by atoms with E-state index in [0.717, 1.165) is 11.0 Å². The highest BCUT2D eigenvalue weighted by molar-refractivity contribution is 14.1. The van der Waals surface area contributed by atoms with Gasteiger partial charge in [0, 0.05) is 27.2 Å². The molecule has 1 saturated heterocycles. The van der Waals surface area contributed by atoms with Crippen molar-refractivity contribution in [1.82, 2.24) is 10.2 Å². The van der Waals surface area contributed by atoms with Gasteiger partial charge in [-0.2, -0.15) is 0 Å². The number of halogens is 2. The number of piperidine rings is 1. The maximum atomic E-state index is 3.65. The van der Waals surface area contributed by atoms with E-state index in [1.165, 1.54) is 48.0 Å². The molecule has 1 unspecified atom stereocenters. The van der Waals surface area contributed by atoms with E-state index in [-0.39, 0.29) is 0 Å². The van der Waals surface area contributed by atoms with E-state index >= 15 is 0 Å². The summed E-state index contributed by atoms with van der Waals surface area (Å²) in [6, 6.07) is 7.02. The van der Waals surface area contributed by atoms with E-state index < -0.39 is 0 Å². The lowest BCUT2D eigenvalue weighted by Crippen LogP contribution is -2.41. The van der Waals surface area contributed by atoms with Crippen molar-refractivity contribution in [2.75, 3.05) is 19.6 Å². The van der Waals surface area contributed by atoms with Crippen molar-refractivity contribution >= 4 is 38.5 Å². The lowest BCUT2D eigenvalue weighted by Gasteiger charge is -2.29. The highest BCUT2D eigenvalue weighted by Crippen LogP contribution is 2.18. The Morgan fingerprint density at radius 3 is 2.79 bits per heavy atom. The maximum absolute atomic E-state index is 3.65. The number of benzene rings is 1. The second-order valence-electron chi connectivity index (χ2n) is 5.38. The normalized spacial score (nSPS) is 18.5. The summed E-state index contributed by atoms with van der Waals surface area (Å²) in [5.41, 5.74) is 1.38. The summed E-state index contributed by atoms with van der Waals surface area (Å²) in [6.07, 6.45) is 4.15. The first-order valence-electron chi connectivity index (χ1n) is 7.05. The van der Waals surface area contributed by atoms with Crippen LogP contribution in [-0.2, 0) is 6.54 Å². The van der Waals surface area contributed by atoms with Crippen molar-refractivity contribution in [3.05, 3.63) is 31.8 Å². The number of rotatable bonds is 5. The molecular formula is C15H22BrIN2. The maximum Gasteiger partial charge on any atom is 0.0219 e. The molecule has 1 aromatic carbocycles. The van der Waals surface area contributed by atoms with Gasteiger partial charge in [0.1, 0.15) is 0 Å². The molecule has 0 radical (unpaired) electrons. The summed E-state index contributed by atoms with van der Waals surface area (Å²) < 4.78 is 2.49. The van der Waals surface area contributed by atoms with Gasteiger partial charge in [0.2, 0.25) is 0 Å². The Bertz CT molecular complexity index is 405. The fourth-order valence-electron chi connectivity index (χ4n) is 2.56. The Labute approximate surface area is 138 Å². The van der Waals surface area contributed by atoms with Crippen molar-refractivity contribution in [1.29, 1.82) is 0 Å². The Morgan fingerprint density at radius 1 is 1.32 bits per heavy atom. The molecule has 0 aliphatic carbocycles. The lowest BCUT2D eigenvalue weighted by molar-refractivity contribution is 0.209. The first-order valence-corrected chi connectivity index (χ1v) is 8.92. The van der Waals surface area contributed by atoms with E-state index in [2.05, 4.69) is 73.9 Å². The van der Waals surface area contributed by atoms with Crippen LogP contribution in [0.2, 0.25) is 0 Å². The SMILES string of the molecule is CC(CN1CCCCC1)NCc1cc(Br)ccc1I. The van der Waals surface area contributed by atoms with Gasteiger partial charge in [-0.25, -0.2) is 0 Å². The van der Waals surface area contributed by atoms with Gasteiger partial charge in [-0.3, -0.25) is 0 Å². The fraction of sp³-hybridized carbons (Fsp3) is 0.600. The first-order chi connectivity index (χ1) is 9.15. The quantitative estimate of drug-likeness (QED) is 0.701. The number of likely N-dealkylation sites (tertiary alicyclic amines) is 1. The van der Waals surface area contributed by atoms with E-state index in [0.29, 0.717) is 6.04 Å². The molecule has 1 N–H and O–H groups in total. The molecule has 0 aromatic heterocycles.